The monoisotopic (exact) mass is 507 g/mol. The topological polar surface area (TPSA) is 54.9 Å². The first-order chi connectivity index (χ1) is 17.6. The van der Waals surface area contributed by atoms with Crippen LogP contribution in [0.3, 0.4) is 0 Å². The number of carbonyl (C=O) groups excluding carboxylic acids is 1. The number of methoxy groups -OCH3 is 2. The van der Waals surface area contributed by atoms with Gasteiger partial charge in [-0.25, -0.2) is 4.98 Å². The fourth-order valence-corrected chi connectivity index (χ4v) is 6.91. The summed E-state index contributed by atoms with van der Waals surface area (Å²) in [6, 6.07) is 12.1. The molecule has 5 rings (SSSR count). The van der Waals surface area contributed by atoms with Gasteiger partial charge in [-0.05, 0) is 69.3 Å². The Morgan fingerprint density at radius 1 is 1.06 bits per heavy atom. The van der Waals surface area contributed by atoms with Gasteiger partial charge < -0.3 is 9.47 Å². The van der Waals surface area contributed by atoms with Crippen molar-refractivity contribution in [3.63, 3.8) is 0 Å². The molecule has 7 heteroatoms. The Labute approximate surface area is 218 Å². The molecular weight excluding hydrogens is 470 g/mol. The van der Waals surface area contributed by atoms with Gasteiger partial charge in [-0.1, -0.05) is 42.7 Å². The molecule has 0 radical (unpaired) electrons. The molecule has 0 spiro atoms. The van der Waals surface area contributed by atoms with Crippen molar-refractivity contribution < 1.29 is 14.3 Å². The maximum atomic E-state index is 14.2. The Balaban J connectivity index is 1.47. The fourth-order valence-electron chi connectivity index (χ4n) is 5.94. The van der Waals surface area contributed by atoms with E-state index in [1.54, 1.807) is 25.6 Å². The molecule has 1 atom stereocenters. The van der Waals surface area contributed by atoms with Gasteiger partial charge >= 0.3 is 0 Å². The standard InChI is InChI=1S/C29H37N3O3S/c1-20-23(15-16-25(34-2)27(20)35-3)28(33)32(29-30-24-13-7-8-14-26(24)36-29)19-22-12-9-17-31(22)18-21-10-5-4-6-11-21/h7-8,13-16,21-22H,4-6,9-12,17-19H2,1-3H3/t22-/m0/s1. The summed E-state index contributed by atoms with van der Waals surface area (Å²) in [5.41, 5.74) is 2.35. The van der Waals surface area contributed by atoms with E-state index in [1.165, 1.54) is 38.5 Å². The van der Waals surface area contributed by atoms with Crippen LogP contribution in [0.25, 0.3) is 10.2 Å². The largest absolute Gasteiger partial charge is 0.493 e. The Hall–Kier alpha value is -2.64. The molecule has 36 heavy (non-hydrogen) atoms. The molecule has 0 unspecified atom stereocenters. The summed E-state index contributed by atoms with van der Waals surface area (Å²) in [6.45, 7) is 4.86. The average molecular weight is 508 g/mol. The van der Waals surface area contributed by atoms with Gasteiger partial charge in [0.25, 0.3) is 5.91 Å². The highest BCUT2D eigenvalue weighted by atomic mass is 32.1. The number of ether oxygens (including phenoxy) is 2. The van der Waals surface area contributed by atoms with Crippen molar-refractivity contribution in [3.8, 4) is 11.5 Å². The summed E-state index contributed by atoms with van der Waals surface area (Å²) in [5, 5.41) is 0.764. The van der Waals surface area contributed by atoms with Crippen LogP contribution < -0.4 is 14.4 Å². The van der Waals surface area contributed by atoms with Crippen LogP contribution in [0.4, 0.5) is 5.13 Å². The second kappa shape index (κ2) is 11.2. The van der Waals surface area contributed by atoms with E-state index >= 15 is 0 Å². The Morgan fingerprint density at radius 3 is 2.61 bits per heavy atom. The molecule has 6 nitrogen and oxygen atoms in total. The molecule has 2 aromatic carbocycles. The molecule has 0 N–H and O–H groups in total. The molecule has 0 bridgehead atoms. The maximum absolute atomic E-state index is 14.2. The Kier molecular flexibility index (Phi) is 7.77. The van der Waals surface area contributed by atoms with E-state index < -0.39 is 0 Å². The zero-order valence-electron chi connectivity index (χ0n) is 21.7. The molecule has 2 heterocycles. The Bertz CT molecular complexity index is 1170. The van der Waals surface area contributed by atoms with Gasteiger partial charge in [0, 0.05) is 30.3 Å². The summed E-state index contributed by atoms with van der Waals surface area (Å²) >= 11 is 1.59. The number of benzene rings is 2. The van der Waals surface area contributed by atoms with Gasteiger partial charge in [-0.2, -0.15) is 0 Å². The molecule has 3 aromatic rings. The van der Waals surface area contributed by atoms with Crippen LogP contribution >= 0.6 is 11.3 Å². The van der Waals surface area contributed by atoms with Crippen molar-refractivity contribution in [2.75, 3.05) is 38.8 Å². The molecule has 1 saturated heterocycles. The maximum Gasteiger partial charge on any atom is 0.260 e. The summed E-state index contributed by atoms with van der Waals surface area (Å²) in [6.07, 6.45) is 9.09. The minimum Gasteiger partial charge on any atom is -0.493 e. The third-order valence-corrected chi connectivity index (χ3v) is 8.95. The smallest absolute Gasteiger partial charge is 0.260 e. The van der Waals surface area contributed by atoms with Gasteiger partial charge in [-0.15, -0.1) is 0 Å². The van der Waals surface area contributed by atoms with Crippen LogP contribution in [0, 0.1) is 12.8 Å². The highest BCUT2D eigenvalue weighted by molar-refractivity contribution is 7.22. The number of hydrogen-bond donors (Lipinski definition) is 0. The van der Waals surface area contributed by atoms with E-state index in [0.717, 1.165) is 46.3 Å². The van der Waals surface area contributed by atoms with Gasteiger partial charge in [0.2, 0.25) is 0 Å². The van der Waals surface area contributed by atoms with Crippen molar-refractivity contribution >= 4 is 32.6 Å². The fraction of sp³-hybridized carbons (Fsp3) is 0.517. The third-order valence-electron chi connectivity index (χ3n) is 7.89. The summed E-state index contributed by atoms with van der Waals surface area (Å²) < 4.78 is 12.2. The highest BCUT2D eigenvalue weighted by Gasteiger charge is 2.33. The molecule has 1 aliphatic heterocycles. The zero-order chi connectivity index (χ0) is 25.1. The lowest BCUT2D eigenvalue weighted by Crippen LogP contribution is -2.45. The molecule has 2 fully saturated rings. The number of para-hydroxylation sites is 1. The van der Waals surface area contributed by atoms with Crippen LogP contribution in [0.2, 0.25) is 0 Å². The number of thiazole rings is 1. The summed E-state index contributed by atoms with van der Waals surface area (Å²) in [5.74, 6) is 2.00. The zero-order valence-corrected chi connectivity index (χ0v) is 22.5. The van der Waals surface area contributed by atoms with Crippen molar-refractivity contribution in [2.24, 2.45) is 5.92 Å². The molecular formula is C29H37N3O3S. The number of hydrogen-bond acceptors (Lipinski definition) is 6. The first kappa shape index (κ1) is 25.0. The molecule has 1 amide bonds. The predicted molar refractivity (Wildman–Crippen MR) is 147 cm³/mol. The molecule has 2 aliphatic rings. The summed E-state index contributed by atoms with van der Waals surface area (Å²) in [4.78, 5) is 23.6. The number of likely N-dealkylation sites (tertiary alicyclic amines) is 1. The third kappa shape index (κ3) is 5.09. The number of rotatable bonds is 8. The van der Waals surface area contributed by atoms with Crippen LogP contribution in [-0.4, -0.2) is 55.7 Å². The second-order valence-corrected chi connectivity index (χ2v) is 11.2. The van der Waals surface area contributed by atoms with Gasteiger partial charge in [0.05, 0.1) is 24.4 Å². The second-order valence-electron chi connectivity index (χ2n) is 10.1. The molecule has 192 valence electrons. The van der Waals surface area contributed by atoms with E-state index in [0.29, 0.717) is 29.6 Å². The Morgan fingerprint density at radius 2 is 1.86 bits per heavy atom. The van der Waals surface area contributed by atoms with Gasteiger partial charge in [0.1, 0.15) is 0 Å². The van der Waals surface area contributed by atoms with Crippen molar-refractivity contribution in [3.05, 3.63) is 47.5 Å². The predicted octanol–water partition coefficient (Wildman–Crippen LogP) is 6.31. The number of aromatic nitrogens is 1. The van der Waals surface area contributed by atoms with E-state index in [4.69, 9.17) is 14.5 Å². The minimum atomic E-state index is -0.0305. The van der Waals surface area contributed by atoms with Crippen molar-refractivity contribution in [2.45, 2.75) is 57.9 Å². The molecule has 1 aromatic heterocycles. The average Bonchev–Trinajstić information content (AvgIpc) is 3.53. The van der Waals surface area contributed by atoms with E-state index in [2.05, 4.69) is 11.0 Å². The number of fused-ring (bicyclic) bond motifs is 1. The van der Waals surface area contributed by atoms with Gasteiger partial charge in [0.15, 0.2) is 16.6 Å². The van der Waals surface area contributed by atoms with Crippen LogP contribution in [0.1, 0.15) is 60.9 Å². The number of amides is 1. The quantitative estimate of drug-likeness (QED) is 0.357. The van der Waals surface area contributed by atoms with Crippen molar-refractivity contribution in [1.82, 2.24) is 9.88 Å². The summed E-state index contributed by atoms with van der Waals surface area (Å²) in [7, 11) is 3.24. The van der Waals surface area contributed by atoms with E-state index in [-0.39, 0.29) is 5.91 Å². The first-order valence-corrected chi connectivity index (χ1v) is 14.0. The lowest BCUT2D eigenvalue weighted by atomic mass is 9.89. The lowest BCUT2D eigenvalue weighted by molar-refractivity contribution is 0.0974. The van der Waals surface area contributed by atoms with Crippen LogP contribution in [0.15, 0.2) is 36.4 Å². The normalized spacial score (nSPS) is 19.0. The van der Waals surface area contributed by atoms with Crippen LogP contribution in [0.5, 0.6) is 11.5 Å². The molecule has 1 saturated carbocycles. The van der Waals surface area contributed by atoms with Crippen LogP contribution in [-0.2, 0) is 0 Å². The van der Waals surface area contributed by atoms with Crippen molar-refractivity contribution in [1.29, 1.82) is 0 Å². The number of anilines is 1. The van der Waals surface area contributed by atoms with E-state index in [1.807, 2.05) is 42.2 Å². The first-order valence-electron chi connectivity index (χ1n) is 13.2. The number of carbonyl (C=O) groups is 1. The lowest BCUT2D eigenvalue weighted by Gasteiger charge is -2.33. The SMILES string of the molecule is COc1ccc(C(=O)N(C[C@@H]2CCCN2CC2CCCCC2)c2nc3ccccc3s2)c(C)c1OC. The van der Waals surface area contributed by atoms with Gasteiger partial charge in [-0.3, -0.25) is 14.6 Å². The van der Waals surface area contributed by atoms with E-state index in [9.17, 15) is 4.79 Å². The number of nitrogens with zero attached hydrogens (tertiary/aromatic N) is 3. The highest BCUT2D eigenvalue weighted by Crippen LogP contribution is 2.36. The minimum absolute atomic E-state index is 0.0305. The molecule has 1 aliphatic carbocycles.